The van der Waals surface area contributed by atoms with Crippen molar-refractivity contribution in [3.63, 3.8) is 0 Å². The van der Waals surface area contributed by atoms with E-state index in [9.17, 15) is 19.7 Å². The molecule has 2 aliphatic carbocycles. The summed E-state index contributed by atoms with van der Waals surface area (Å²) in [5.74, 6) is -5.20. The molecule has 1 aromatic carbocycles. The van der Waals surface area contributed by atoms with Gasteiger partial charge in [0.05, 0.1) is 39.0 Å². The molecule has 0 bridgehead atoms. The summed E-state index contributed by atoms with van der Waals surface area (Å²) in [5, 5.41) is 40.5. The highest BCUT2D eigenvalue weighted by Crippen LogP contribution is 2.44. The van der Waals surface area contributed by atoms with Crippen LogP contribution in [0.3, 0.4) is 0 Å². The molecule has 2 aromatic heterocycles. The molecule has 4 N–H and O–H groups in total. The molecule has 10 nitrogen and oxygen atoms in total. The predicted octanol–water partition coefficient (Wildman–Crippen LogP) is 2.18. The Morgan fingerprint density at radius 1 is 1.36 bits per heavy atom. The number of anilines is 1. The van der Waals surface area contributed by atoms with Gasteiger partial charge in [0, 0.05) is 33.6 Å². The summed E-state index contributed by atoms with van der Waals surface area (Å²) in [6.45, 7) is -2.49. The fraction of sp³-hybridized carbons (Fsp3) is 0.583. The summed E-state index contributed by atoms with van der Waals surface area (Å²) in [5.41, 5.74) is -5.37. The highest BCUT2D eigenvalue weighted by Gasteiger charge is 2.45. The van der Waals surface area contributed by atoms with Crippen LogP contribution in [0.4, 0.5) is 10.2 Å². The minimum absolute atomic E-state index is 0.0287. The van der Waals surface area contributed by atoms with Crippen molar-refractivity contribution in [2.75, 3.05) is 24.2 Å². The monoisotopic (exact) mass is 535 g/mol. The number of ether oxygens (including phenoxy) is 1. The maximum Gasteiger partial charge on any atom is 0.191 e. The number of rotatable bonds is 10. The Bertz CT molecular complexity index is 2000. The van der Waals surface area contributed by atoms with Crippen LogP contribution in [0.25, 0.3) is 11.2 Å². The van der Waals surface area contributed by atoms with Gasteiger partial charge in [-0.2, -0.15) is 0 Å². The second kappa shape index (κ2) is 10.5. The molecule has 36 heavy (non-hydrogen) atoms. The molecule has 0 unspecified atom stereocenters. The van der Waals surface area contributed by atoms with Gasteiger partial charge in [-0.3, -0.25) is 0 Å². The minimum atomic E-state index is -4.28. The molecule has 2 saturated carbocycles. The highest BCUT2D eigenvalue weighted by molar-refractivity contribution is 7.99. The third-order valence-corrected chi connectivity index (χ3v) is 5.60. The highest BCUT2D eigenvalue weighted by atomic mass is 32.2. The molecule has 2 fully saturated rings. The molecular formula is C24H31FN6O4S. The first kappa shape index (κ1) is 12.0. The van der Waals surface area contributed by atoms with E-state index in [1.165, 1.54) is 6.92 Å². The van der Waals surface area contributed by atoms with Gasteiger partial charge in [-0.15, -0.1) is 5.10 Å². The number of thioether (sulfide) groups is 1. The van der Waals surface area contributed by atoms with Gasteiger partial charge in [-0.25, -0.2) is 19.0 Å². The van der Waals surface area contributed by atoms with Crippen LogP contribution in [-0.2, 0) is 4.74 Å². The van der Waals surface area contributed by atoms with Crippen LogP contribution in [0.15, 0.2) is 23.3 Å². The van der Waals surface area contributed by atoms with Crippen molar-refractivity contribution in [3.05, 3.63) is 35.1 Å². The smallest absolute Gasteiger partial charge is 0.191 e. The molecule has 2 aliphatic rings. The largest absolute Gasteiger partial charge is 0.394 e. The first-order chi connectivity index (χ1) is 23.8. The van der Waals surface area contributed by atoms with E-state index in [0.29, 0.717) is 0 Å². The zero-order valence-electron chi connectivity index (χ0n) is 35.7. The zero-order valence-corrected chi connectivity index (χ0v) is 19.5. The van der Waals surface area contributed by atoms with E-state index < -0.39 is 125 Å². The second-order valence-corrected chi connectivity index (χ2v) is 8.08. The van der Waals surface area contributed by atoms with Crippen molar-refractivity contribution < 1.29 is 47.7 Å². The Labute approximate surface area is 236 Å². The van der Waals surface area contributed by atoms with Gasteiger partial charge >= 0.3 is 0 Å². The Hall–Kier alpha value is -2.38. The molecule has 0 radical (unpaired) electrons. The predicted molar refractivity (Wildman–Crippen MR) is 133 cm³/mol. The maximum absolute atomic E-state index is 15.0. The van der Waals surface area contributed by atoms with Gasteiger partial charge in [0.25, 0.3) is 0 Å². The Morgan fingerprint density at radius 2 is 2.19 bits per heavy atom. The van der Waals surface area contributed by atoms with Crippen LogP contribution in [0.1, 0.15) is 72.4 Å². The Morgan fingerprint density at radius 3 is 2.97 bits per heavy atom. The van der Waals surface area contributed by atoms with Gasteiger partial charge in [-0.05, 0) is 36.9 Å². The Kier molecular flexibility index (Phi) is 3.51. The lowest BCUT2D eigenvalue weighted by atomic mass is 10.1. The fourth-order valence-corrected chi connectivity index (χ4v) is 3.60. The molecule has 12 heteroatoms. The number of aromatic nitrogens is 5. The molecule has 3 aromatic rings. The lowest BCUT2D eigenvalue weighted by Gasteiger charge is -2.17. The number of nitrogens with zero attached hydrogens (tertiary/aromatic N) is 5. The van der Waals surface area contributed by atoms with Crippen LogP contribution in [-0.4, -0.2) is 83.4 Å². The lowest BCUT2D eigenvalue weighted by molar-refractivity contribution is -0.0629. The third-order valence-electron chi connectivity index (χ3n) is 4.80. The summed E-state index contributed by atoms with van der Waals surface area (Å²) >= 11 is 0.268. The quantitative estimate of drug-likeness (QED) is 0.226. The fourth-order valence-electron chi connectivity index (χ4n) is 3.06. The molecule has 0 amide bonds. The molecule has 194 valence electrons. The average Bonchev–Trinajstić information content (AvgIpc) is 3.32. The average molecular weight is 536 g/mol. The minimum Gasteiger partial charge on any atom is -0.394 e. The summed E-state index contributed by atoms with van der Waals surface area (Å²) in [4.78, 5) is 8.06. The van der Waals surface area contributed by atoms with Gasteiger partial charge in [0.15, 0.2) is 22.1 Å². The van der Waals surface area contributed by atoms with E-state index in [4.69, 9.17) is 23.3 Å². The molecule has 5 rings (SSSR count). The van der Waals surface area contributed by atoms with E-state index in [0.717, 1.165) is 6.92 Å². The molecule has 2 heterocycles. The van der Waals surface area contributed by atoms with E-state index in [1.54, 1.807) is 0 Å². The molecule has 0 aliphatic heterocycles. The number of hydrogen-bond acceptors (Lipinski definition) is 10. The summed E-state index contributed by atoms with van der Waals surface area (Å²) < 4.78 is 163. The number of fused-ring (bicyclic) bond motifs is 1. The topological polar surface area (TPSA) is 138 Å². The number of aliphatic hydroxyl groups is 3. The number of aliphatic hydroxyl groups excluding tert-OH is 1. The van der Waals surface area contributed by atoms with E-state index >= 15 is 0 Å². The number of benzene rings is 1. The van der Waals surface area contributed by atoms with Crippen molar-refractivity contribution in [1.82, 2.24) is 25.0 Å². The van der Waals surface area contributed by atoms with E-state index in [2.05, 4.69) is 30.3 Å². The SMILES string of the molecule is [2H]c1c([2H])c([C@]2([2H])C([2H])([2H])[C@@]2([2H])Nc2nc(SC([2H])([2H])CC)nc3c2nnn3[C@]2([2H])C([2H])([2H])[C@]([2H])(OC([2H])([2H])CO)[C@@]([2H])(O)[C@@]2([2H])O)c([2H])c(F)c1C. The lowest BCUT2D eigenvalue weighted by Crippen LogP contribution is -2.33. The maximum atomic E-state index is 15.0. The van der Waals surface area contributed by atoms with Crippen molar-refractivity contribution in [2.24, 2.45) is 0 Å². The first-order valence-electron chi connectivity index (χ1n) is 18.9. The number of hydrogen-bond donors (Lipinski definition) is 4. The van der Waals surface area contributed by atoms with Gasteiger partial charge in [-0.1, -0.05) is 36.0 Å². The third kappa shape index (κ3) is 4.92. The summed E-state index contributed by atoms with van der Waals surface area (Å²) in [6.07, 6.45) is -20.1. The molecular weight excluding hydrogens is 487 g/mol. The van der Waals surface area contributed by atoms with Crippen molar-refractivity contribution in [3.8, 4) is 0 Å². The van der Waals surface area contributed by atoms with Gasteiger partial charge in [0.1, 0.15) is 18.0 Å². The van der Waals surface area contributed by atoms with Crippen LogP contribution >= 0.6 is 11.8 Å². The van der Waals surface area contributed by atoms with Crippen LogP contribution < -0.4 is 5.32 Å². The van der Waals surface area contributed by atoms with Crippen molar-refractivity contribution in [1.29, 1.82) is 0 Å². The van der Waals surface area contributed by atoms with Crippen molar-refractivity contribution in [2.45, 2.75) is 74.3 Å². The second-order valence-electron chi connectivity index (χ2n) is 7.22. The summed E-state index contributed by atoms with van der Waals surface area (Å²) in [6, 6.07) is -9.88. The van der Waals surface area contributed by atoms with Crippen LogP contribution in [0, 0.1) is 12.7 Å². The molecule has 6 atom stereocenters. The molecule has 0 spiro atoms. The normalized spacial score (nSPS) is 50.3. The van der Waals surface area contributed by atoms with E-state index in [-0.39, 0.29) is 22.9 Å². The van der Waals surface area contributed by atoms with Crippen LogP contribution in [0.2, 0.25) is 0 Å². The Balaban J connectivity index is 1.78. The zero-order chi connectivity index (χ0) is 40.7. The standard InChI is InChI=1S/C24H31FN6O4S/c1-3-8-36-24-27-22(26-16-10-14(16)13-5-4-12(2)15(25)9-13)19-23(28-24)31(30-29-19)17-11-18(35-7-6-32)21(34)20(17)33/h4-5,9,14,16-18,20-21,32-34H,3,6-8,10-11H2,1-2H3,(H,26,27,28)/t14-,16+,17+,18-,20-,21+/m0/s1/i4D,5D,7D2,8D2,9D,10D2,11D2,14D,16D,17D,18D,20D,21D. The number of halogens is 1. The number of nitrogens with one attached hydrogen (secondary N) is 1. The molecule has 0 saturated heterocycles. The summed E-state index contributed by atoms with van der Waals surface area (Å²) in [7, 11) is 0. The van der Waals surface area contributed by atoms with Gasteiger partial charge < -0.3 is 25.4 Å². The first-order valence-corrected chi connectivity index (χ1v) is 11.2. The van der Waals surface area contributed by atoms with Crippen molar-refractivity contribution >= 4 is 28.7 Å². The van der Waals surface area contributed by atoms with Crippen LogP contribution in [0.5, 0.6) is 0 Å². The van der Waals surface area contributed by atoms with Gasteiger partial charge in [0.2, 0.25) is 0 Å². The van der Waals surface area contributed by atoms with E-state index in [1.807, 2.05) is 0 Å².